The van der Waals surface area contributed by atoms with Gasteiger partial charge >= 0.3 is 0 Å². The zero-order valence-electron chi connectivity index (χ0n) is 19.3. The molecule has 2 aromatic carbocycles. The van der Waals surface area contributed by atoms with Crippen LogP contribution in [0.3, 0.4) is 0 Å². The van der Waals surface area contributed by atoms with E-state index in [0.29, 0.717) is 18.7 Å². The molecule has 0 aliphatic carbocycles. The minimum atomic E-state index is 0.00847. The van der Waals surface area contributed by atoms with Crippen molar-refractivity contribution in [2.24, 2.45) is 4.99 Å². The van der Waals surface area contributed by atoms with Crippen LogP contribution in [0.5, 0.6) is 0 Å². The van der Waals surface area contributed by atoms with E-state index in [4.69, 9.17) is 9.73 Å². The Labute approximate surface area is 185 Å². The number of rotatable bonds is 5. The molecule has 1 aliphatic heterocycles. The van der Waals surface area contributed by atoms with Gasteiger partial charge in [-0.2, -0.15) is 0 Å². The van der Waals surface area contributed by atoms with Crippen molar-refractivity contribution in [1.82, 2.24) is 15.1 Å². The van der Waals surface area contributed by atoms with Crippen molar-refractivity contribution in [3.63, 3.8) is 0 Å². The highest BCUT2D eigenvalue weighted by Gasteiger charge is 2.25. The molecule has 0 saturated carbocycles. The van der Waals surface area contributed by atoms with E-state index in [0.717, 1.165) is 31.2 Å². The first-order valence-electron chi connectivity index (χ1n) is 10.9. The van der Waals surface area contributed by atoms with E-state index in [-0.39, 0.29) is 12.0 Å². The minimum absolute atomic E-state index is 0.00847. The summed E-state index contributed by atoms with van der Waals surface area (Å²) >= 11 is 0. The number of morpholine rings is 1. The first-order chi connectivity index (χ1) is 14.9. The SMILES string of the molecule is CCNC(=NCc1ccc(C(=O)N(C)C)cc1)N1CCOC(c2ccc(C)cc2C)C1. The van der Waals surface area contributed by atoms with Gasteiger partial charge in [0.1, 0.15) is 6.10 Å². The number of hydrogen-bond donors (Lipinski definition) is 1. The topological polar surface area (TPSA) is 57.2 Å². The van der Waals surface area contributed by atoms with Crippen LogP contribution in [-0.4, -0.2) is 62.0 Å². The summed E-state index contributed by atoms with van der Waals surface area (Å²) in [4.78, 5) is 20.8. The Morgan fingerprint density at radius 3 is 2.58 bits per heavy atom. The normalized spacial score (nSPS) is 16.9. The highest BCUT2D eigenvalue weighted by molar-refractivity contribution is 5.93. The fourth-order valence-corrected chi connectivity index (χ4v) is 3.82. The summed E-state index contributed by atoms with van der Waals surface area (Å²) in [5.41, 5.74) is 5.54. The molecule has 2 aromatic rings. The molecular formula is C25H34N4O2. The van der Waals surface area contributed by atoms with Crippen LogP contribution >= 0.6 is 0 Å². The number of nitrogens with zero attached hydrogens (tertiary/aromatic N) is 3. The van der Waals surface area contributed by atoms with E-state index in [1.807, 2.05) is 24.3 Å². The van der Waals surface area contributed by atoms with Gasteiger partial charge in [-0.15, -0.1) is 0 Å². The van der Waals surface area contributed by atoms with Crippen LogP contribution < -0.4 is 5.32 Å². The standard InChI is InChI=1S/C25H34N4O2/c1-6-26-25(27-16-20-8-10-21(11-9-20)24(30)28(4)5)29-13-14-31-23(17-29)22-12-7-18(2)15-19(22)3/h7-12,15,23H,6,13-14,16-17H2,1-5H3,(H,26,27). The number of guanidine groups is 1. The molecule has 0 aromatic heterocycles. The molecule has 0 spiro atoms. The molecule has 0 bridgehead atoms. The van der Waals surface area contributed by atoms with Gasteiger partial charge in [-0.3, -0.25) is 4.79 Å². The Bertz CT molecular complexity index is 922. The molecule has 1 fully saturated rings. The second kappa shape index (κ2) is 10.4. The predicted molar refractivity (Wildman–Crippen MR) is 125 cm³/mol. The second-order valence-electron chi connectivity index (χ2n) is 8.23. The van der Waals surface area contributed by atoms with Gasteiger partial charge in [0.05, 0.1) is 19.7 Å². The number of aryl methyl sites for hydroxylation is 2. The third-order valence-corrected chi connectivity index (χ3v) is 5.49. The van der Waals surface area contributed by atoms with Crippen LogP contribution in [0.1, 0.15) is 45.6 Å². The maximum atomic E-state index is 12.1. The largest absolute Gasteiger partial charge is 0.370 e. The summed E-state index contributed by atoms with van der Waals surface area (Å²) in [6, 6.07) is 14.2. The number of amides is 1. The third-order valence-electron chi connectivity index (χ3n) is 5.49. The Hall–Kier alpha value is -2.86. The molecule has 1 N–H and O–H groups in total. The van der Waals surface area contributed by atoms with Crippen LogP contribution in [0.15, 0.2) is 47.5 Å². The van der Waals surface area contributed by atoms with Gasteiger partial charge in [-0.25, -0.2) is 4.99 Å². The predicted octanol–water partition coefficient (Wildman–Crippen LogP) is 3.54. The van der Waals surface area contributed by atoms with E-state index in [1.165, 1.54) is 16.7 Å². The van der Waals surface area contributed by atoms with Crippen molar-refractivity contribution >= 4 is 11.9 Å². The van der Waals surface area contributed by atoms with Gasteiger partial charge in [0.2, 0.25) is 0 Å². The zero-order chi connectivity index (χ0) is 22.4. The minimum Gasteiger partial charge on any atom is -0.370 e. The number of carbonyl (C=O) groups is 1. The maximum Gasteiger partial charge on any atom is 0.253 e. The lowest BCUT2D eigenvalue weighted by Gasteiger charge is -2.36. The van der Waals surface area contributed by atoms with Crippen molar-refractivity contribution in [3.8, 4) is 0 Å². The fourth-order valence-electron chi connectivity index (χ4n) is 3.82. The fraction of sp³-hybridized carbons (Fsp3) is 0.440. The first kappa shape index (κ1) is 22.8. The Balaban J connectivity index is 1.71. The van der Waals surface area contributed by atoms with Crippen LogP contribution in [0.25, 0.3) is 0 Å². The molecule has 1 aliphatic rings. The number of aliphatic imine (C=N–C) groups is 1. The maximum absolute atomic E-state index is 12.1. The molecule has 166 valence electrons. The van der Waals surface area contributed by atoms with Crippen LogP contribution in [0.2, 0.25) is 0 Å². The molecule has 31 heavy (non-hydrogen) atoms. The Kier molecular flexibility index (Phi) is 7.69. The van der Waals surface area contributed by atoms with Gasteiger partial charge in [0.25, 0.3) is 5.91 Å². The van der Waals surface area contributed by atoms with Gasteiger partial charge in [-0.1, -0.05) is 35.9 Å². The second-order valence-corrected chi connectivity index (χ2v) is 8.23. The average Bonchev–Trinajstić information content (AvgIpc) is 2.76. The highest BCUT2D eigenvalue weighted by Crippen LogP contribution is 2.26. The molecule has 6 heteroatoms. The average molecular weight is 423 g/mol. The van der Waals surface area contributed by atoms with Gasteiger partial charge < -0.3 is 19.9 Å². The molecule has 0 radical (unpaired) electrons. The van der Waals surface area contributed by atoms with Crippen LogP contribution in [-0.2, 0) is 11.3 Å². The van der Waals surface area contributed by atoms with Crippen LogP contribution in [0.4, 0.5) is 0 Å². The lowest BCUT2D eigenvalue weighted by Crippen LogP contribution is -2.48. The Morgan fingerprint density at radius 2 is 1.94 bits per heavy atom. The lowest BCUT2D eigenvalue weighted by atomic mass is 10.00. The van der Waals surface area contributed by atoms with Gasteiger partial charge in [-0.05, 0) is 49.6 Å². The van der Waals surface area contributed by atoms with Crippen molar-refractivity contribution in [1.29, 1.82) is 0 Å². The number of benzene rings is 2. The van der Waals surface area contributed by atoms with E-state index in [1.54, 1.807) is 19.0 Å². The molecule has 3 rings (SSSR count). The van der Waals surface area contributed by atoms with E-state index in [9.17, 15) is 4.79 Å². The van der Waals surface area contributed by atoms with Crippen molar-refractivity contribution in [2.45, 2.75) is 33.4 Å². The quantitative estimate of drug-likeness (QED) is 0.591. The number of nitrogens with one attached hydrogen (secondary N) is 1. The summed E-state index contributed by atoms with van der Waals surface area (Å²) in [5, 5.41) is 3.42. The summed E-state index contributed by atoms with van der Waals surface area (Å²) in [7, 11) is 3.52. The summed E-state index contributed by atoms with van der Waals surface area (Å²) < 4.78 is 6.10. The molecule has 1 saturated heterocycles. The van der Waals surface area contributed by atoms with E-state index in [2.05, 4.69) is 49.2 Å². The Morgan fingerprint density at radius 1 is 1.19 bits per heavy atom. The summed E-state index contributed by atoms with van der Waals surface area (Å²) in [6.45, 7) is 9.96. The highest BCUT2D eigenvalue weighted by atomic mass is 16.5. The first-order valence-corrected chi connectivity index (χ1v) is 10.9. The van der Waals surface area contributed by atoms with E-state index < -0.39 is 0 Å². The number of carbonyl (C=O) groups excluding carboxylic acids is 1. The molecule has 1 amide bonds. The third kappa shape index (κ3) is 5.85. The monoisotopic (exact) mass is 422 g/mol. The smallest absolute Gasteiger partial charge is 0.253 e. The summed E-state index contributed by atoms with van der Waals surface area (Å²) in [5.74, 6) is 0.906. The molecule has 1 unspecified atom stereocenters. The van der Waals surface area contributed by atoms with Gasteiger partial charge in [0.15, 0.2) is 5.96 Å². The lowest BCUT2D eigenvalue weighted by molar-refractivity contribution is -0.00834. The van der Waals surface area contributed by atoms with Gasteiger partial charge in [0, 0.05) is 32.7 Å². The van der Waals surface area contributed by atoms with E-state index >= 15 is 0 Å². The number of ether oxygens (including phenoxy) is 1. The summed E-state index contributed by atoms with van der Waals surface area (Å²) in [6.07, 6.45) is 0.0366. The van der Waals surface area contributed by atoms with Crippen LogP contribution in [0, 0.1) is 13.8 Å². The molecular weight excluding hydrogens is 388 g/mol. The van der Waals surface area contributed by atoms with Crippen molar-refractivity contribution < 1.29 is 9.53 Å². The molecule has 1 atom stereocenters. The van der Waals surface area contributed by atoms with Crippen molar-refractivity contribution in [2.75, 3.05) is 40.3 Å². The number of hydrogen-bond acceptors (Lipinski definition) is 3. The molecule has 6 nitrogen and oxygen atoms in total. The zero-order valence-corrected chi connectivity index (χ0v) is 19.3. The molecule has 1 heterocycles. The van der Waals surface area contributed by atoms with Crippen molar-refractivity contribution in [3.05, 3.63) is 70.3 Å².